The summed E-state index contributed by atoms with van der Waals surface area (Å²) in [6.07, 6.45) is 0. The number of amidine groups is 1. The molecular formula is C9H10N2O2S. The molecule has 1 aromatic carbocycles. The van der Waals surface area contributed by atoms with Gasteiger partial charge in [0, 0.05) is 5.56 Å². The Bertz CT molecular complexity index is 366. The van der Waals surface area contributed by atoms with E-state index in [4.69, 9.17) is 15.9 Å². The topological polar surface area (TPSA) is 76.2 Å². The van der Waals surface area contributed by atoms with Crippen LogP contribution in [-0.4, -0.2) is 17.4 Å². The molecule has 0 aromatic heterocycles. The molecule has 14 heavy (non-hydrogen) atoms. The van der Waals surface area contributed by atoms with Crippen molar-refractivity contribution < 1.29 is 9.53 Å². The summed E-state index contributed by atoms with van der Waals surface area (Å²) in [6, 6.07) is 6.72. The van der Waals surface area contributed by atoms with Crippen LogP contribution in [0.4, 0.5) is 0 Å². The van der Waals surface area contributed by atoms with Gasteiger partial charge in [-0.25, -0.2) is 0 Å². The third-order valence-corrected chi connectivity index (χ3v) is 2.15. The Morgan fingerprint density at radius 3 is 2.86 bits per heavy atom. The molecule has 0 bridgehead atoms. The molecule has 0 aliphatic heterocycles. The van der Waals surface area contributed by atoms with Crippen LogP contribution in [0.1, 0.15) is 10.4 Å². The van der Waals surface area contributed by atoms with Crippen LogP contribution in [0.25, 0.3) is 0 Å². The maximum atomic E-state index is 11.4. The van der Waals surface area contributed by atoms with E-state index in [0.29, 0.717) is 23.1 Å². The van der Waals surface area contributed by atoms with Crippen molar-refractivity contribution in [1.82, 2.24) is 0 Å². The molecule has 0 radical (unpaired) electrons. The van der Waals surface area contributed by atoms with Crippen LogP contribution in [-0.2, 0) is 0 Å². The predicted molar refractivity (Wildman–Crippen MR) is 56.8 cm³/mol. The normalized spacial score (nSPS) is 9.50. The van der Waals surface area contributed by atoms with E-state index in [-0.39, 0.29) is 10.3 Å². The summed E-state index contributed by atoms with van der Waals surface area (Å²) in [4.78, 5) is 11.4. The van der Waals surface area contributed by atoms with Crippen molar-refractivity contribution in [1.29, 1.82) is 5.41 Å². The minimum absolute atomic E-state index is 0.210. The zero-order valence-corrected chi connectivity index (χ0v) is 8.43. The highest BCUT2D eigenvalue weighted by Gasteiger charge is 2.08. The smallest absolute Gasteiger partial charge is 0.227 e. The third kappa shape index (κ3) is 2.77. The molecule has 0 unspecified atom stereocenters. The Morgan fingerprint density at radius 1 is 1.57 bits per heavy atom. The van der Waals surface area contributed by atoms with Gasteiger partial charge >= 0.3 is 0 Å². The van der Waals surface area contributed by atoms with Crippen LogP contribution in [0, 0.1) is 5.41 Å². The molecule has 5 heteroatoms. The number of benzene rings is 1. The Morgan fingerprint density at radius 2 is 2.29 bits per heavy atom. The standard InChI is InChI=1S/C9H10N2O2S/c1-13-7-4-2-3-6(5-7)8(12)14-9(10)11/h2-5H,1H3,(H3,10,11). The second kappa shape index (κ2) is 4.66. The summed E-state index contributed by atoms with van der Waals surface area (Å²) in [5.41, 5.74) is 5.57. The van der Waals surface area contributed by atoms with Crippen LogP contribution < -0.4 is 10.5 Å². The number of thioether (sulfide) groups is 1. The van der Waals surface area contributed by atoms with Gasteiger partial charge in [0.25, 0.3) is 0 Å². The monoisotopic (exact) mass is 210 g/mol. The van der Waals surface area contributed by atoms with Gasteiger partial charge in [0.1, 0.15) is 5.75 Å². The van der Waals surface area contributed by atoms with Gasteiger partial charge in [-0.3, -0.25) is 10.2 Å². The largest absolute Gasteiger partial charge is 0.497 e. The van der Waals surface area contributed by atoms with Crippen LogP contribution in [0.15, 0.2) is 24.3 Å². The quantitative estimate of drug-likeness (QED) is 0.572. The lowest BCUT2D eigenvalue weighted by molar-refractivity contribution is 0.109. The van der Waals surface area contributed by atoms with E-state index in [1.165, 1.54) is 7.11 Å². The van der Waals surface area contributed by atoms with Gasteiger partial charge in [0.2, 0.25) is 5.12 Å². The van der Waals surface area contributed by atoms with Gasteiger partial charge in [-0.05, 0) is 23.9 Å². The van der Waals surface area contributed by atoms with Gasteiger partial charge in [0.05, 0.1) is 7.11 Å². The lowest BCUT2D eigenvalue weighted by atomic mass is 10.2. The lowest BCUT2D eigenvalue weighted by Gasteiger charge is -2.02. The van der Waals surface area contributed by atoms with E-state index in [1.54, 1.807) is 24.3 Å². The van der Waals surface area contributed by atoms with Gasteiger partial charge in [-0.15, -0.1) is 0 Å². The Hall–Kier alpha value is -1.49. The number of carbonyl (C=O) groups excluding carboxylic acids is 1. The van der Waals surface area contributed by atoms with Crippen molar-refractivity contribution in [3.8, 4) is 5.75 Å². The third-order valence-electron chi connectivity index (χ3n) is 1.51. The summed E-state index contributed by atoms with van der Waals surface area (Å²) >= 11 is 0.693. The molecule has 1 rings (SSSR count). The van der Waals surface area contributed by atoms with E-state index in [0.717, 1.165) is 0 Å². The summed E-state index contributed by atoms with van der Waals surface area (Å²) < 4.78 is 4.96. The van der Waals surface area contributed by atoms with Gasteiger partial charge < -0.3 is 10.5 Å². The van der Waals surface area contributed by atoms with Crippen LogP contribution in [0.2, 0.25) is 0 Å². The molecule has 0 saturated heterocycles. The maximum Gasteiger partial charge on any atom is 0.227 e. The fraction of sp³-hybridized carbons (Fsp3) is 0.111. The van der Waals surface area contributed by atoms with Gasteiger partial charge in [-0.2, -0.15) is 0 Å². The average molecular weight is 210 g/mol. The van der Waals surface area contributed by atoms with Crippen molar-refractivity contribution >= 4 is 22.0 Å². The average Bonchev–Trinajstić information content (AvgIpc) is 2.17. The van der Waals surface area contributed by atoms with Crippen LogP contribution in [0.5, 0.6) is 5.75 Å². The highest BCUT2D eigenvalue weighted by atomic mass is 32.2. The predicted octanol–water partition coefficient (Wildman–Crippen LogP) is 1.46. The van der Waals surface area contributed by atoms with E-state index < -0.39 is 0 Å². The Labute approximate surface area is 85.9 Å². The first-order valence-corrected chi connectivity index (χ1v) is 4.65. The molecule has 3 N–H and O–H groups in total. The molecule has 0 saturated carbocycles. The summed E-state index contributed by atoms with van der Waals surface area (Å²) in [6.45, 7) is 0. The Kier molecular flexibility index (Phi) is 3.53. The number of rotatable bonds is 2. The SMILES string of the molecule is COc1cccc(C(=O)SC(=N)N)c1. The fourth-order valence-electron chi connectivity index (χ4n) is 0.909. The highest BCUT2D eigenvalue weighted by Crippen LogP contribution is 2.17. The molecule has 0 fully saturated rings. The zero-order valence-electron chi connectivity index (χ0n) is 7.61. The Balaban J connectivity index is 2.84. The number of hydrogen-bond donors (Lipinski definition) is 2. The summed E-state index contributed by atoms with van der Waals surface area (Å²) in [5.74, 6) is 0.611. The number of hydrogen-bond acceptors (Lipinski definition) is 4. The lowest BCUT2D eigenvalue weighted by Crippen LogP contribution is -2.08. The molecule has 0 heterocycles. The van der Waals surface area contributed by atoms with Crippen molar-refractivity contribution in [2.24, 2.45) is 5.73 Å². The maximum absolute atomic E-state index is 11.4. The van der Waals surface area contributed by atoms with Gasteiger partial charge in [0.15, 0.2) is 5.17 Å². The molecule has 74 valence electrons. The van der Waals surface area contributed by atoms with E-state index in [9.17, 15) is 4.79 Å². The second-order valence-electron chi connectivity index (χ2n) is 2.49. The fourth-order valence-corrected chi connectivity index (χ4v) is 1.35. The van der Waals surface area contributed by atoms with Crippen molar-refractivity contribution in [2.75, 3.05) is 7.11 Å². The molecule has 0 aliphatic rings. The number of methoxy groups -OCH3 is 1. The molecule has 0 amide bonds. The van der Waals surface area contributed by atoms with E-state index >= 15 is 0 Å². The molecular weight excluding hydrogens is 200 g/mol. The molecule has 0 aliphatic carbocycles. The van der Waals surface area contributed by atoms with Crippen LogP contribution in [0.3, 0.4) is 0 Å². The molecule has 1 aromatic rings. The second-order valence-corrected chi connectivity index (χ2v) is 3.50. The molecule has 0 atom stereocenters. The van der Waals surface area contributed by atoms with Crippen molar-refractivity contribution in [3.63, 3.8) is 0 Å². The number of carbonyl (C=O) groups is 1. The number of ether oxygens (including phenoxy) is 1. The summed E-state index contributed by atoms with van der Waals surface area (Å²) in [7, 11) is 1.53. The first kappa shape index (κ1) is 10.6. The minimum atomic E-state index is -0.253. The van der Waals surface area contributed by atoms with Gasteiger partial charge in [-0.1, -0.05) is 12.1 Å². The number of nitrogens with two attached hydrogens (primary N) is 1. The molecule has 4 nitrogen and oxygen atoms in total. The molecule has 0 spiro atoms. The minimum Gasteiger partial charge on any atom is -0.497 e. The number of nitrogens with one attached hydrogen (secondary N) is 1. The van der Waals surface area contributed by atoms with Crippen molar-refractivity contribution in [2.45, 2.75) is 0 Å². The zero-order chi connectivity index (χ0) is 10.6. The van der Waals surface area contributed by atoms with Crippen molar-refractivity contribution in [3.05, 3.63) is 29.8 Å². The highest BCUT2D eigenvalue weighted by molar-refractivity contribution is 8.26. The summed E-state index contributed by atoms with van der Waals surface area (Å²) in [5, 5.41) is 6.50. The van der Waals surface area contributed by atoms with Crippen LogP contribution >= 0.6 is 11.8 Å². The van der Waals surface area contributed by atoms with E-state index in [2.05, 4.69) is 0 Å². The van der Waals surface area contributed by atoms with E-state index in [1.807, 2.05) is 0 Å². The first-order chi connectivity index (χ1) is 6.63. The first-order valence-electron chi connectivity index (χ1n) is 3.83.